The fourth-order valence-corrected chi connectivity index (χ4v) is 6.58. The van der Waals surface area contributed by atoms with Crippen LogP contribution in [0.15, 0.2) is 97.1 Å². The van der Waals surface area contributed by atoms with E-state index in [2.05, 4.69) is 0 Å². The number of ether oxygens (including phenoxy) is 2. The van der Waals surface area contributed by atoms with Gasteiger partial charge in [0.05, 0.1) is 19.8 Å². The lowest BCUT2D eigenvalue weighted by molar-refractivity contribution is -0.00163. The number of methoxy groups -OCH3 is 2. The highest BCUT2D eigenvalue weighted by Gasteiger charge is 2.62. The number of hydrogen-bond acceptors (Lipinski definition) is 6. The van der Waals surface area contributed by atoms with Crippen molar-refractivity contribution in [3.05, 3.63) is 130 Å². The van der Waals surface area contributed by atoms with E-state index in [1.165, 1.54) is 7.11 Å². The first-order valence-electron chi connectivity index (χ1n) is 13.2. The summed E-state index contributed by atoms with van der Waals surface area (Å²) >= 11 is 0. The van der Waals surface area contributed by atoms with Crippen molar-refractivity contribution < 1.29 is 29.0 Å². The molecule has 200 valence electrons. The number of rotatable bonds is 7. The molecule has 0 heterocycles. The molecule has 0 saturated carbocycles. The molecule has 4 atom stereocenters. The van der Waals surface area contributed by atoms with Crippen LogP contribution in [0, 0.1) is 5.92 Å². The van der Waals surface area contributed by atoms with Crippen molar-refractivity contribution in [3.63, 3.8) is 0 Å². The quantitative estimate of drug-likeness (QED) is 0.305. The molecule has 2 aliphatic rings. The first kappa shape index (κ1) is 25.7. The number of ketones is 3. The van der Waals surface area contributed by atoms with Crippen molar-refractivity contribution in [2.45, 2.75) is 23.9 Å². The van der Waals surface area contributed by atoms with Gasteiger partial charge in [-0.05, 0) is 53.1 Å². The highest BCUT2D eigenvalue weighted by molar-refractivity contribution is 6.11. The second-order valence-corrected chi connectivity index (χ2v) is 10.3. The monoisotopic (exact) mass is 532 g/mol. The molecule has 2 aliphatic carbocycles. The van der Waals surface area contributed by atoms with E-state index in [0.29, 0.717) is 44.9 Å². The Morgan fingerprint density at radius 1 is 0.800 bits per heavy atom. The van der Waals surface area contributed by atoms with Crippen LogP contribution < -0.4 is 9.47 Å². The summed E-state index contributed by atoms with van der Waals surface area (Å²) < 4.78 is 10.8. The summed E-state index contributed by atoms with van der Waals surface area (Å²) in [4.78, 5) is 42.2. The van der Waals surface area contributed by atoms with Gasteiger partial charge in [-0.3, -0.25) is 14.4 Å². The molecular formula is C34H28O6. The summed E-state index contributed by atoms with van der Waals surface area (Å²) in [5, 5.41) is 12.3. The van der Waals surface area contributed by atoms with Gasteiger partial charge in [0.2, 0.25) is 0 Å². The summed E-state index contributed by atoms with van der Waals surface area (Å²) in [6.07, 6.45) is 0.0117. The van der Waals surface area contributed by atoms with E-state index in [1.54, 1.807) is 92.0 Å². The van der Waals surface area contributed by atoms with Crippen LogP contribution in [0.3, 0.4) is 0 Å². The van der Waals surface area contributed by atoms with E-state index in [0.717, 1.165) is 0 Å². The minimum absolute atomic E-state index is 0.0117. The molecule has 0 bridgehead atoms. The van der Waals surface area contributed by atoms with Crippen LogP contribution in [-0.4, -0.2) is 36.7 Å². The molecule has 4 aromatic rings. The van der Waals surface area contributed by atoms with Gasteiger partial charge in [0, 0.05) is 35.3 Å². The van der Waals surface area contributed by atoms with Crippen molar-refractivity contribution in [1.82, 2.24) is 0 Å². The van der Waals surface area contributed by atoms with Gasteiger partial charge in [0.1, 0.15) is 11.5 Å². The Balaban J connectivity index is 1.56. The third-order valence-corrected chi connectivity index (χ3v) is 8.39. The second kappa shape index (κ2) is 9.88. The lowest BCUT2D eigenvalue weighted by atomic mass is 9.58. The second-order valence-electron chi connectivity index (χ2n) is 10.3. The average Bonchev–Trinajstić information content (AvgIpc) is 3.24. The zero-order chi connectivity index (χ0) is 28.0. The Morgan fingerprint density at radius 3 is 2.17 bits per heavy atom. The topological polar surface area (TPSA) is 89.9 Å². The fraction of sp³-hybridized carbons (Fsp3) is 0.206. The summed E-state index contributed by atoms with van der Waals surface area (Å²) in [6, 6.07) is 28.0. The summed E-state index contributed by atoms with van der Waals surface area (Å²) in [6.45, 7) is 0. The maximum atomic E-state index is 14.6. The van der Waals surface area contributed by atoms with Gasteiger partial charge in [-0.2, -0.15) is 0 Å². The highest BCUT2D eigenvalue weighted by Crippen LogP contribution is 2.60. The molecule has 6 nitrogen and oxygen atoms in total. The smallest absolute Gasteiger partial charge is 0.199 e. The van der Waals surface area contributed by atoms with Gasteiger partial charge in [0.25, 0.3) is 0 Å². The minimum atomic E-state index is -1.94. The molecule has 0 fully saturated rings. The molecule has 40 heavy (non-hydrogen) atoms. The average molecular weight is 533 g/mol. The van der Waals surface area contributed by atoms with E-state index < -0.39 is 29.1 Å². The van der Waals surface area contributed by atoms with Crippen LogP contribution in [0.4, 0.5) is 0 Å². The molecule has 6 rings (SSSR count). The van der Waals surface area contributed by atoms with Crippen molar-refractivity contribution >= 4 is 17.3 Å². The van der Waals surface area contributed by atoms with Crippen molar-refractivity contribution in [2.75, 3.05) is 14.2 Å². The van der Waals surface area contributed by atoms with Crippen LogP contribution in [0.2, 0.25) is 0 Å². The first-order valence-corrected chi connectivity index (χ1v) is 13.2. The van der Waals surface area contributed by atoms with Gasteiger partial charge in [-0.25, -0.2) is 0 Å². The van der Waals surface area contributed by atoms with E-state index in [9.17, 15) is 19.5 Å². The standard InChI is InChI=1S/C34H28O6/c1-39-21-17-15-20(16-18-21)28(35)19-26-22-9-5-7-13-27(22)34(38)31(23-10-3-4-11-24(23)33(34)37)30(26)32(36)25-12-6-8-14-29(25)40-2/h3-18,26,30-31,38H,19H2,1-2H3/t26-,30+,31-,34-/m1/s1. The van der Waals surface area contributed by atoms with E-state index in [-0.39, 0.29) is 18.0 Å². The van der Waals surface area contributed by atoms with E-state index in [4.69, 9.17) is 9.47 Å². The molecule has 0 saturated heterocycles. The summed E-state index contributed by atoms with van der Waals surface area (Å²) in [7, 11) is 3.06. The molecule has 1 N–H and O–H groups in total. The SMILES string of the molecule is COc1ccc(C(=O)C[C@@H]2c3ccccc3[C@]3(O)C(=O)c4ccccc4[C@@H]3[C@H]2C(=O)c2ccccc2OC)cc1. The number of Topliss-reactive ketones (excluding diaryl/α,β-unsaturated/α-hetero) is 3. The van der Waals surface area contributed by atoms with Crippen LogP contribution in [0.25, 0.3) is 0 Å². The summed E-state index contributed by atoms with van der Waals surface area (Å²) in [5.74, 6) is -2.23. The van der Waals surface area contributed by atoms with Crippen LogP contribution >= 0.6 is 0 Å². The Labute approximate surface area is 232 Å². The summed E-state index contributed by atoms with van der Waals surface area (Å²) in [5.41, 5.74) is 0.961. The molecule has 0 amide bonds. The van der Waals surface area contributed by atoms with Crippen molar-refractivity contribution in [2.24, 2.45) is 5.92 Å². The number of para-hydroxylation sites is 1. The fourth-order valence-electron chi connectivity index (χ4n) is 6.58. The van der Waals surface area contributed by atoms with E-state index in [1.807, 2.05) is 12.1 Å². The molecule has 0 aromatic heterocycles. The molecule has 0 radical (unpaired) electrons. The van der Waals surface area contributed by atoms with Crippen molar-refractivity contribution in [1.29, 1.82) is 0 Å². The Hall–Kier alpha value is -4.55. The minimum Gasteiger partial charge on any atom is -0.497 e. The van der Waals surface area contributed by atoms with Gasteiger partial charge >= 0.3 is 0 Å². The van der Waals surface area contributed by atoms with Crippen LogP contribution in [0.1, 0.15) is 66.0 Å². The Kier molecular flexibility index (Phi) is 6.35. The predicted molar refractivity (Wildman–Crippen MR) is 149 cm³/mol. The maximum Gasteiger partial charge on any atom is 0.199 e. The third-order valence-electron chi connectivity index (χ3n) is 8.39. The third kappa shape index (κ3) is 3.79. The highest BCUT2D eigenvalue weighted by atomic mass is 16.5. The Bertz CT molecular complexity index is 1640. The Morgan fingerprint density at radius 2 is 1.45 bits per heavy atom. The normalized spacial score (nSPS) is 22.6. The largest absolute Gasteiger partial charge is 0.497 e. The van der Waals surface area contributed by atoms with Gasteiger partial charge in [-0.1, -0.05) is 60.7 Å². The van der Waals surface area contributed by atoms with Crippen LogP contribution in [0.5, 0.6) is 11.5 Å². The molecular weight excluding hydrogens is 504 g/mol. The maximum absolute atomic E-state index is 14.6. The molecule has 0 aliphatic heterocycles. The molecule has 0 spiro atoms. The van der Waals surface area contributed by atoms with E-state index >= 15 is 0 Å². The zero-order valence-electron chi connectivity index (χ0n) is 22.2. The number of benzene rings is 4. The lowest BCUT2D eigenvalue weighted by Crippen LogP contribution is -2.48. The number of carbonyl (C=O) groups excluding carboxylic acids is 3. The van der Waals surface area contributed by atoms with Crippen molar-refractivity contribution in [3.8, 4) is 11.5 Å². The number of fused-ring (bicyclic) bond motifs is 5. The molecule has 4 aromatic carbocycles. The van der Waals surface area contributed by atoms with Gasteiger partial charge in [-0.15, -0.1) is 0 Å². The van der Waals surface area contributed by atoms with Crippen LogP contribution in [-0.2, 0) is 5.60 Å². The molecule has 6 heteroatoms. The predicted octanol–water partition coefficient (Wildman–Crippen LogP) is 5.74. The van der Waals surface area contributed by atoms with Gasteiger partial charge in [0.15, 0.2) is 23.0 Å². The number of hydrogen-bond donors (Lipinski definition) is 1. The first-order chi connectivity index (χ1) is 19.4. The molecule has 0 unspecified atom stereocenters. The zero-order valence-corrected chi connectivity index (χ0v) is 22.2. The number of aliphatic hydroxyl groups is 1. The lowest BCUT2D eigenvalue weighted by Gasteiger charge is -2.45. The van der Waals surface area contributed by atoms with Gasteiger partial charge < -0.3 is 14.6 Å². The number of carbonyl (C=O) groups is 3.